The van der Waals surface area contributed by atoms with Crippen molar-refractivity contribution in [2.45, 2.75) is 36.9 Å². The van der Waals surface area contributed by atoms with Gasteiger partial charge in [-0.05, 0) is 41.9 Å². The fourth-order valence-corrected chi connectivity index (χ4v) is 5.83. The predicted octanol–water partition coefficient (Wildman–Crippen LogP) is 5.75. The molecule has 0 fully saturated rings. The van der Waals surface area contributed by atoms with Gasteiger partial charge in [-0.25, -0.2) is 4.68 Å². The lowest BCUT2D eigenvalue weighted by atomic mass is 10.2. The van der Waals surface area contributed by atoms with Crippen molar-refractivity contribution in [2.75, 3.05) is 5.01 Å². The molecule has 2 aliphatic heterocycles. The van der Waals surface area contributed by atoms with E-state index in [0.717, 1.165) is 40.2 Å². The SMILES string of the molecule is CCCc1nnc2n1N1C(=CSC1c1ccc(OCc3ccccc3Cl)cc1)S2. The minimum Gasteiger partial charge on any atom is -0.489 e. The average Bonchev–Trinajstić information content (AvgIpc) is 3.40. The lowest BCUT2D eigenvalue weighted by Gasteiger charge is -2.26. The third-order valence-electron chi connectivity index (χ3n) is 4.82. The lowest BCUT2D eigenvalue weighted by molar-refractivity contribution is 0.306. The molecule has 0 saturated carbocycles. The molecule has 0 bridgehead atoms. The van der Waals surface area contributed by atoms with Gasteiger partial charge in [-0.15, -0.1) is 10.2 Å². The topological polar surface area (TPSA) is 43.2 Å². The number of benzene rings is 2. The van der Waals surface area contributed by atoms with Gasteiger partial charge in [0, 0.05) is 22.4 Å². The molecule has 3 heterocycles. The highest BCUT2D eigenvalue weighted by Gasteiger charge is 2.39. The molecule has 2 aliphatic rings. The molecule has 0 saturated heterocycles. The standard InChI is InChI=1S/C21H19ClN4OS2/c1-2-5-18-23-24-21-25(18)26-19(29-21)13-28-20(26)14-8-10-16(11-9-14)27-12-15-6-3-4-7-17(15)22/h3-4,6-11,13,20H,2,5,12H2,1H3. The van der Waals surface area contributed by atoms with Crippen molar-refractivity contribution in [3.63, 3.8) is 0 Å². The number of aromatic nitrogens is 3. The van der Waals surface area contributed by atoms with Gasteiger partial charge in [0.1, 0.15) is 22.8 Å². The lowest BCUT2D eigenvalue weighted by Crippen LogP contribution is -2.30. The minimum absolute atomic E-state index is 0.169. The van der Waals surface area contributed by atoms with E-state index in [-0.39, 0.29) is 5.37 Å². The third-order valence-corrected chi connectivity index (χ3v) is 7.38. The average molecular weight is 443 g/mol. The summed E-state index contributed by atoms with van der Waals surface area (Å²) in [6.45, 7) is 2.62. The van der Waals surface area contributed by atoms with Gasteiger partial charge in [0.25, 0.3) is 0 Å². The Bertz CT molecular complexity index is 1070. The fraction of sp³-hybridized carbons (Fsp3) is 0.238. The molecule has 0 radical (unpaired) electrons. The van der Waals surface area contributed by atoms with Gasteiger partial charge >= 0.3 is 0 Å². The largest absolute Gasteiger partial charge is 0.489 e. The third kappa shape index (κ3) is 3.52. The van der Waals surface area contributed by atoms with Crippen LogP contribution in [-0.2, 0) is 13.0 Å². The number of aryl methyl sites for hydroxylation is 1. The summed E-state index contributed by atoms with van der Waals surface area (Å²) in [5, 5.41) is 16.3. The summed E-state index contributed by atoms with van der Waals surface area (Å²) in [4.78, 5) is 0. The van der Waals surface area contributed by atoms with E-state index in [9.17, 15) is 0 Å². The number of thioether (sulfide) groups is 2. The monoisotopic (exact) mass is 442 g/mol. The first-order valence-electron chi connectivity index (χ1n) is 9.48. The van der Waals surface area contributed by atoms with Gasteiger partial charge in [-0.3, -0.25) is 5.01 Å². The first-order chi connectivity index (χ1) is 14.2. The second-order valence-corrected chi connectivity index (χ2v) is 9.15. The van der Waals surface area contributed by atoms with Crippen molar-refractivity contribution in [2.24, 2.45) is 0 Å². The Balaban J connectivity index is 1.33. The number of nitrogens with zero attached hydrogens (tertiary/aromatic N) is 4. The van der Waals surface area contributed by atoms with E-state index in [2.05, 4.69) is 44.3 Å². The maximum atomic E-state index is 6.21. The zero-order chi connectivity index (χ0) is 19.8. The van der Waals surface area contributed by atoms with E-state index < -0.39 is 0 Å². The number of fused-ring (bicyclic) bond motifs is 3. The summed E-state index contributed by atoms with van der Waals surface area (Å²) in [6, 6.07) is 16.1. The van der Waals surface area contributed by atoms with E-state index in [1.54, 1.807) is 11.8 Å². The van der Waals surface area contributed by atoms with Crippen molar-refractivity contribution in [1.82, 2.24) is 14.9 Å². The Morgan fingerprint density at radius 3 is 2.72 bits per heavy atom. The summed E-state index contributed by atoms with van der Waals surface area (Å²) in [5.41, 5.74) is 2.20. The Morgan fingerprint density at radius 2 is 1.93 bits per heavy atom. The van der Waals surface area contributed by atoms with Crippen LogP contribution >= 0.6 is 35.1 Å². The van der Waals surface area contributed by atoms with Crippen LogP contribution in [0.1, 0.15) is 35.7 Å². The van der Waals surface area contributed by atoms with Gasteiger partial charge in [0.05, 0.1) is 0 Å². The summed E-state index contributed by atoms with van der Waals surface area (Å²) >= 11 is 9.70. The van der Waals surface area contributed by atoms with Crippen LogP contribution in [0.5, 0.6) is 5.75 Å². The second-order valence-electron chi connectivity index (χ2n) is 6.80. The maximum Gasteiger partial charge on any atom is 0.216 e. The molecule has 1 aromatic heterocycles. The van der Waals surface area contributed by atoms with Gasteiger partial charge in [-0.2, -0.15) is 0 Å². The highest BCUT2D eigenvalue weighted by atomic mass is 35.5. The second kappa shape index (κ2) is 7.97. The molecule has 2 aromatic carbocycles. The van der Waals surface area contributed by atoms with Crippen molar-refractivity contribution in [1.29, 1.82) is 0 Å². The zero-order valence-corrected chi connectivity index (χ0v) is 18.2. The molecular weight excluding hydrogens is 424 g/mol. The van der Waals surface area contributed by atoms with Gasteiger partial charge < -0.3 is 4.74 Å². The highest BCUT2D eigenvalue weighted by molar-refractivity contribution is 8.07. The molecule has 0 aliphatic carbocycles. The molecule has 0 N–H and O–H groups in total. The summed E-state index contributed by atoms with van der Waals surface area (Å²) in [5.74, 6) is 1.85. The first-order valence-corrected chi connectivity index (χ1v) is 11.6. The van der Waals surface area contributed by atoms with E-state index >= 15 is 0 Å². The number of hydrogen-bond donors (Lipinski definition) is 0. The van der Waals surface area contributed by atoms with Crippen LogP contribution in [0.4, 0.5) is 0 Å². The number of halogens is 1. The van der Waals surface area contributed by atoms with Crippen molar-refractivity contribution >= 4 is 35.1 Å². The Labute approximate surface area is 183 Å². The van der Waals surface area contributed by atoms with Crippen LogP contribution < -0.4 is 9.75 Å². The van der Waals surface area contributed by atoms with Crippen LogP contribution in [0.3, 0.4) is 0 Å². The van der Waals surface area contributed by atoms with E-state index in [1.165, 1.54) is 10.6 Å². The number of ether oxygens (including phenoxy) is 1. The normalized spacial score (nSPS) is 17.2. The quantitative estimate of drug-likeness (QED) is 0.484. The smallest absolute Gasteiger partial charge is 0.216 e. The van der Waals surface area contributed by atoms with E-state index in [1.807, 2.05) is 48.2 Å². The van der Waals surface area contributed by atoms with Crippen LogP contribution in [0.2, 0.25) is 5.02 Å². The molecule has 29 heavy (non-hydrogen) atoms. The molecule has 8 heteroatoms. The van der Waals surface area contributed by atoms with Gasteiger partial charge in [0.15, 0.2) is 5.82 Å². The van der Waals surface area contributed by atoms with Crippen LogP contribution in [0, 0.1) is 0 Å². The number of rotatable bonds is 6. The first kappa shape index (κ1) is 18.9. The Hall–Kier alpha value is -2.09. The van der Waals surface area contributed by atoms with Crippen LogP contribution in [0.25, 0.3) is 0 Å². The predicted molar refractivity (Wildman–Crippen MR) is 119 cm³/mol. The van der Waals surface area contributed by atoms with Crippen LogP contribution in [-0.4, -0.2) is 14.9 Å². The molecule has 1 unspecified atom stereocenters. The van der Waals surface area contributed by atoms with Crippen molar-refractivity contribution < 1.29 is 4.74 Å². The van der Waals surface area contributed by atoms with E-state index in [0.29, 0.717) is 6.61 Å². The summed E-state index contributed by atoms with van der Waals surface area (Å²) < 4.78 is 8.10. The van der Waals surface area contributed by atoms with Crippen molar-refractivity contribution in [3.05, 3.63) is 80.9 Å². The molecule has 5 nitrogen and oxygen atoms in total. The van der Waals surface area contributed by atoms with Crippen molar-refractivity contribution in [3.8, 4) is 5.75 Å². The number of hydrogen-bond acceptors (Lipinski definition) is 6. The Morgan fingerprint density at radius 1 is 1.10 bits per heavy atom. The Kier molecular flexibility index (Phi) is 5.20. The fourth-order valence-electron chi connectivity index (χ4n) is 3.40. The molecule has 1 atom stereocenters. The molecule has 0 amide bonds. The molecule has 148 valence electrons. The van der Waals surface area contributed by atoms with Gasteiger partial charge in [-0.1, -0.05) is 60.6 Å². The zero-order valence-electron chi connectivity index (χ0n) is 15.8. The molecule has 5 rings (SSSR count). The minimum atomic E-state index is 0.169. The maximum absolute atomic E-state index is 6.21. The summed E-state index contributed by atoms with van der Waals surface area (Å²) in [7, 11) is 0. The molecular formula is C21H19ClN4OS2. The molecule has 0 spiro atoms. The van der Waals surface area contributed by atoms with E-state index in [4.69, 9.17) is 16.3 Å². The highest BCUT2D eigenvalue weighted by Crippen LogP contribution is 2.51. The van der Waals surface area contributed by atoms with Gasteiger partial charge in [0.2, 0.25) is 5.16 Å². The van der Waals surface area contributed by atoms with Crippen LogP contribution in [0.15, 0.2) is 64.1 Å². The molecule has 3 aromatic rings. The summed E-state index contributed by atoms with van der Waals surface area (Å²) in [6.07, 6.45) is 1.97.